The zero-order valence-electron chi connectivity index (χ0n) is 19.0. The van der Waals surface area contributed by atoms with Gasteiger partial charge in [-0.2, -0.15) is 0 Å². The summed E-state index contributed by atoms with van der Waals surface area (Å²) in [5.41, 5.74) is 4.37. The molecule has 0 bridgehead atoms. The molecule has 6 heteroatoms. The number of anilines is 1. The first-order valence-corrected chi connectivity index (χ1v) is 10.9. The van der Waals surface area contributed by atoms with Crippen LogP contribution in [-0.4, -0.2) is 40.8 Å². The Morgan fingerprint density at radius 1 is 0.939 bits per heavy atom. The molecule has 1 fully saturated rings. The van der Waals surface area contributed by atoms with Crippen LogP contribution in [0.3, 0.4) is 0 Å². The third-order valence-corrected chi connectivity index (χ3v) is 6.00. The molecule has 6 nitrogen and oxygen atoms in total. The second-order valence-corrected chi connectivity index (χ2v) is 8.32. The Kier molecular flexibility index (Phi) is 6.27. The van der Waals surface area contributed by atoms with E-state index in [1.54, 1.807) is 24.5 Å². The highest BCUT2D eigenvalue weighted by atomic mass is 16.3. The molecule has 33 heavy (non-hydrogen) atoms. The lowest BCUT2D eigenvalue weighted by molar-refractivity contribution is -0.140. The van der Waals surface area contributed by atoms with Crippen LogP contribution < -0.4 is 4.90 Å². The molecule has 1 aliphatic heterocycles. The minimum absolute atomic E-state index is 0.107. The number of nitrogens with zero attached hydrogens (tertiary/aromatic N) is 3. The molecule has 1 atom stereocenters. The number of hydrogen-bond acceptors (Lipinski definition) is 5. The smallest absolute Gasteiger partial charge is 0.295 e. The summed E-state index contributed by atoms with van der Waals surface area (Å²) in [4.78, 5) is 33.8. The predicted molar refractivity (Wildman–Crippen MR) is 129 cm³/mol. The molecule has 1 amide bonds. The number of carbonyl (C=O) groups excluding carboxylic acids is 2. The summed E-state index contributed by atoms with van der Waals surface area (Å²) in [5.74, 6) is -1.46. The first kappa shape index (κ1) is 22.3. The molecule has 168 valence electrons. The number of aryl methyl sites for hydroxylation is 1. The summed E-state index contributed by atoms with van der Waals surface area (Å²) < 4.78 is 0. The Hall–Kier alpha value is -3.93. The van der Waals surface area contributed by atoms with E-state index in [1.165, 1.54) is 4.90 Å². The number of aliphatic hydroxyl groups is 1. The number of Topliss-reactive ketones (excluding diaryl/α,β-unsaturated/α-hetero) is 1. The minimum atomic E-state index is -0.694. The van der Waals surface area contributed by atoms with Crippen molar-refractivity contribution in [2.24, 2.45) is 0 Å². The number of ketones is 1. The molecule has 1 unspecified atom stereocenters. The van der Waals surface area contributed by atoms with Crippen LogP contribution in [0.2, 0.25) is 0 Å². The zero-order valence-corrected chi connectivity index (χ0v) is 19.0. The molecule has 0 radical (unpaired) electrons. The van der Waals surface area contributed by atoms with Gasteiger partial charge in [0, 0.05) is 44.3 Å². The number of pyridine rings is 1. The number of hydrogen-bond donors (Lipinski definition) is 1. The summed E-state index contributed by atoms with van der Waals surface area (Å²) in [5, 5.41) is 11.2. The fraction of sp³-hybridized carbons (Fsp3) is 0.222. The predicted octanol–water partition coefficient (Wildman–Crippen LogP) is 4.33. The number of aromatic nitrogens is 1. The molecule has 4 rings (SSSR count). The second kappa shape index (κ2) is 9.28. The molecule has 3 aromatic rings. The number of rotatable bonds is 6. The van der Waals surface area contributed by atoms with Gasteiger partial charge in [0.2, 0.25) is 0 Å². The number of likely N-dealkylation sites (tertiary alicyclic amines) is 1. The maximum Gasteiger partial charge on any atom is 0.295 e. The van der Waals surface area contributed by atoms with E-state index in [0.29, 0.717) is 5.56 Å². The molecule has 1 aliphatic rings. The van der Waals surface area contributed by atoms with Crippen molar-refractivity contribution in [1.82, 2.24) is 9.88 Å². The van der Waals surface area contributed by atoms with E-state index in [4.69, 9.17) is 0 Å². The lowest BCUT2D eigenvalue weighted by atomic mass is 9.94. The standard InChI is InChI=1S/C27H27N3O3/c1-4-18-5-7-21(8-6-18)25(31)23-24(20-9-11-22(12-10-20)29(2)3)30(27(33)26(23)32)17-19-13-15-28-16-14-19/h5-16,24,31H,4,17H2,1-3H3/b25-23-. The lowest BCUT2D eigenvalue weighted by Gasteiger charge is -2.26. The van der Waals surface area contributed by atoms with Crippen LogP contribution in [0.4, 0.5) is 5.69 Å². The SMILES string of the molecule is CCc1ccc(/C(O)=C2/C(=O)C(=O)N(Cc3ccncc3)C2c2ccc(N(C)C)cc2)cc1. The Morgan fingerprint density at radius 3 is 2.15 bits per heavy atom. The summed E-state index contributed by atoms with van der Waals surface area (Å²) in [6.07, 6.45) is 4.18. The molecule has 0 spiro atoms. The third kappa shape index (κ3) is 4.37. The Labute approximate surface area is 193 Å². The Morgan fingerprint density at radius 2 is 1.58 bits per heavy atom. The molecule has 2 aromatic carbocycles. The fourth-order valence-electron chi connectivity index (χ4n) is 4.08. The maximum atomic E-state index is 13.2. The van der Waals surface area contributed by atoms with E-state index >= 15 is 0 Å². The van der Waals surface area contributed by atoms with Crippen molar-refractivity contribution in [3.8, 4) is 0 Å². The molecule has 0 saturated carbocycles. The molecular weight excluding hydrogens is 414 g/mol. The Bertz CT molecular complexity index is 1180. The van der Waals surface area contributed by atoms with Gasteiger partial charge >= 0.3 is 0 Å². The van der Waals surface area contributed by atoms with Crippen LogP contribution in [0.5, 0.6) is 0 Å². The lowest BCUT2D eigenvalue weighted by Crippen LogP contribution is -2.29. The highest BCUT2D eigenvalue weighted by molar-refractivity contribution is 6.46. The van der Waals surface area contributed by atoms with Gasteiger partial charge in [-0.05, 0) is 47.4 Å². The molecule has 1 saturated heterocycles. The van der Waals surface area contributed by atoms with Crippen LogP contribution in [0.1, 0.15) is 35.2 Å². The van der Waals surface area contributed by atoms with Crippen molar-refractivity contribution in [3.63, 3.8) is 0 Å². The normalized spacial score (nSPS) is 17.4. The number of aliphatic hydroxyl groups excluding tert-OH is 1. The maximum absolute atomic E-state index is 13.2. The van der Waals surface area contributed by atoms with Crippen molar-refractivity contribution in [2.45, 2.75) is 25.9 Å². The van der Waals surface area contributed by atoms with Gasteiger partial charge in [0.1, 0.15) is 5.76 Å². The highest BCUT2D eigenvalue weighted by Gasteiger charge is 2.46. The van der Waals surface area contributed by atoms with Gasteiger partial charge < -0.3 is 14.9 Å². The van der Waals surface area contributed by atoms with Crippen LogP contribution >= 0.6 is 0 Å². The zero-order chi connectivity index (χ0) is 23.5. The van der Waals surface area contributed by atoms with Crippen molar-refractivity contribution >= 4 is 23.1 Å². The highest BCUT2D eigenvalue weighted by Crippen LogP contribution is 2.40. The van der Waals surface area contributed by atoms with Crippen LogP contribution in [0.15, 0.2) is 78.6 Å². The van der Waals surface area contributed by atoms with Gasteiger partial charge in [-0.15, -0.1) is 0 Å². The fourth-order valence-corrected chi connectivity index (χ4v) is 4.08. The number of benzene rings is 2. The molecule has 0 aliphatic carbocycles. The van der Waals surface area contributed by atoms with Crippen LogP contribution in [0.25, 0.3) is 5.76 Å². The summed E-state index contributed by atoms with van der Waals surface area (Å²) >= 11 is 0. The van der Waals surface area contributed by atoms with Crippen molar-refractivity contribution in [3.05, 3.63) is 101 Å². The molecule has 1 N–H and O–H groups in total. The van der Waals surface area contributed by atoms with Crippen molar-refractivity contribution in [2.75, 3.05) is 19.0 Å². The summed E-state index contributed by atoms with van der Waals surface area (Å²) in [6, 6.07) is 18.0. The average Bonchev–Trinajstić information content (AvgIpc) is 3.09. The Balaban J connectivity index is 1.83. The number of amides is 1. The first-order valence-electron chi connectivity index (χ1n) is 10.9. The van der Waals surface area contributed by atoms with Gasteiger partial charge in [0.25, 0.3) is 11.7 Å². The number of carbonyl (C=O) groups is 2. The van der Waals surface area contributed by atoms with Crippen LogP contribution in [0, 0.1) is 0 Å². The monoisotopic (exact) mass is 441 g/mol. The summed E-state index contributed by atoms with van der Waals surface area (Å²) in [6.45, 7) is 2.29. The minimum Gasteiger partial charge on any atom is -0.507 e. The van der Waals surface area contributed by atoms with Crippen molar-refractivity contribution in [1.29, 1.82) is 0 Å². The quantitative estimate of drug-likeness (QED) is 0.350. The van der Waals surface area contributed by atoms with E-state index in [9.17, 15) is 14.7 Å². The third-order valence-electron chi connectivity index (χ3n) is 6.00. The van der Waals surface area contributed by atoms with Gasteiger partial charge in [-0.25, -0.2) is 0 Å². The molecule has 2 heterocycles. The van der Waals surface area contributed by atoms with E-state index in [2.05, 4.69) is 11.9 Å². The average molecular weight is 442 g/mol. The van der Waals surface area contributed by atoms with Gasteiger partial charge in [0.15, 0.2) is 0 Å². The van der Waals surface area contributed by atoms with Crippen molar-refractivity contribution < 1.29 is 14.7 Å². The van der Waals surface area contributed by atoms with E-state index in [0.717, 1.165) is 28.8 Å². The van der Waals surface area contributed by atoms with Gasteiger partial charge in [-0.3, -0.25) is 14.6 Å². The van der Waals surface area contributed by atoms with E-state index in [1.807, 2.05) is 67.5 Å². The topological polar surface area (TPSA) is 73.7 Å². The summed E-state index contributed by atoms with van der Waals surface area (Å²) in [7, 11) is 3.90. The second-order valence-electron chi connectivity index (χ2n) is 8.32. The molecule has 1 aromatic heterocycles. The first-order chi connectivity index (χ1) is 15.9. The van der Waals surface area contributed by atoms with Crippen LogP contribution in [-0.2, 0) is 22.6 Å². The van der Waals surface area contributed by atoms with Gasteiger partial charge in [-0.1, -0.05) is 43.3 Å². The van der Waals surface area contributed by atoms with E-state index in [-0.39, 0.29) is 17.9 Å². The molecular formula is C27H27N3O3. The van der Waals surface area contributed by atoms with Gasteiger partial charge in [0.05, 0.1) is 11.6 Å². The van der Waals surface area contributed by atoms with E-state index < -0.39 is 17.7 Å². The largest absolute Gasteiger partial charge is 0.507 e.